The Kier molecular flexibility index (Phi) is 2.22. The maximum absolute atomic E-state index is 11.4. The van der Waals surface area contributed by atoms with Gasteiger partial charge in [0.1, 0.15) is 5.78 Å². The first-order chi connectivity index (χ1) is 6.44. The summed E-state index contributed by atoms with van der Waals surface area (Å²) in [6, 6.07) is 0. The molecule has 3 atom stereocenters. The predicted molar refractivity (Wildman–Crippen MR) is 54.9 cm³/mol. The van der Waals surface area contributed by atoms with Crippen LogP contribution in [-0.2, 0) is 4.79 Å². The van der Waals surface area contributed by atoms with Crippen molar-refractivity contribution in [1.82, 2.24) is 0 Å². The second-order valence-electron chi connectivity index (χ2n) is 5.66. The zero-order valence-corrected chi connectivity index (χ0v) is 9.18. The van der Waals surface area contributed by atoms with Gasteiger partial charge in [-0.2, -0.15) is 0 Å². The van der Waals surface area contributed by atoms with E-state index >= 15 is 0 Å². The molecule has 0 unspecified atom stereocenters. The highest BCUT2D eigenvalue weighted by molar-refractivity contribution is 5.79. The van der Waals surface area contributed by atoms with Crippen molar-refractivity contribution in [2.75, 3.05) is 0 Å². The van der Waals surface area contributed by atoms with Crippen LogP contribution >= 0.6 is 0 Å². The molecular formula is C12H20O2. The number of fused-ring (bicyclic) bond motifs is 1. The van der Waals surface area contributed by atoms with E-state index in [1.165, 1.54) is 6.42 Å². The van der Waals surface area contributed by atoms with Crippen molar-refractivity contribution in [3.63, 3.8) is 0 Å². The van der Waals surface area contributed by atoms with E-state index in [9.17, 15) is 9.90 Å². The molecule has 2 fully saturated rings. The summed E-state index contributed by atoms with van der Waals surface area (Å²) >= 11 is 0. The SMILES string of the molecule is C[C@@]12CCC[C@@](C)(O)[C@@H]1CC(=O)CC2. The van der Waals surface area contributed by atoms with Crippen LogP contribution in [-0.4, -0.2) is 16.5 Å². The molecule has 1 N–H and O–H groups in total. The maximum atomic E-state index is 11.4. The fourth-order valence-electron chi connectivity index (χ4n) is 3.47. The number of rotatable bonds is 0. The summed E-state index contributed by atoms with van der Waals surface area (Å²) in [6.45, 7) is 4.16. The summed E-state index contributed by atoms with van der Waals surface area (Å²) in [4.78, 5) is 11.4. The van der Waals surface area contributed by atoms with Gasteiger partial charge in [0.15, 0.2) is 0 Å². The van der Waals surface area contributed by atoms with E-state index < -0.39 is 5.60 Å². The minimum absolute atomic E-state index is 0.199. The largest absolute Gasteiger partial charge is 0.390 e. The normalized spacial score (nSPS) is 48.8. The van der Waals surface area contributed by atoms with Gasteiger partial charge in [0, 0.05) is 12.8 Å². The standard InChI is InChI=1S/C12H20O2/c1-11-5-3-6-12(2,14)10(11)8-9(13)4-7-11/h10,14H,3-8H2,1-2H3/t10-,11+,12-/m1/s1. The number of Topliss-reactive ketones (excluding diaryl/α,β-unsaturated/α-hetero) is 1. The van der Waals surface area contributed by atoms with Crippen molar-refractivity contribution < 1.29 is 9.90 Å². The summed E-state index contributed by atoms with van der Waals surface area (Å²) in [5.74, 6) is 0.541. The lowest BCUT2D eigenvalue weighted by molar-refractivity contribution is -0.143. The number of carbonyl (C=O) groups excluding carboxylic acids is 1. The summed E-state index contributed by atoms with van der Waals surface area (Å²) in [5.41, 5.74) is -0.390. The molecule has 0 aromatic heterocycles. The van der Waals surface area contributed by atoms with Crippen LogP contribution in [0.1, 0.15) is 52.4 Å². The van der Waals surface area contributed by atoms with E-state index in [2.05, 4.69) is 6.92 Å². The molecule has 2 aliphatic carbocycles. The van der Waals surface area contributed by atoms with Crippen molar-refractivity contribution in [3.05, 3.63) is 0 Å². The molecule has 0 aliphatic heterocycles. The van der Waals surface area contributed by atoms with Gasteiger partial charge in [-0.05, 0) is 37.5 Å². The maximum Gasteiger partial charge on any atom is 0.133 e. The Balaban J connectivity index is 2.26. The minimum Gasteiger partial charge on any atom is -0.390 e. The van der Waals surface area contributed by atoms with E-state index in [1.807, 2.05) is 6.92 Å². The zero-order chi connectivity index (χ0) is 10.4. The molecule has 0 bridgehead atoms. The van der Waals surface area contributed by atoms with Crippen LogP contribution < -0.4 is 0 Å². The Morgan fingerprint density at radius 2 is 2.00 bits per heavy atom. The van der Waals surface area contributed by atoms with Gasteiger partial charge >= 0.3 is 0 Å². The summed E-state index contributed by atoms with van der Waals surface area (Å²) < 4.78 is 0. The van der Waals surface area contributed by atoms with Gasteiger partial charge in [0.25, 0.3) is 0 Å². The van der Waals surface area contributed by atoms with Crippen LogP contribution in [0.5, 0.6) is 0 Å². The average molecular weight is 196 g/mol. The molecule has 0 spiro atoms. The van der Waals surface area contributed by atoms with Crippen LogP contribution in [0.3, 0.4) is 0 Å². The molecule has 2 heteroatoms. The average Bonchev–Trinajstić information content (AvgIpc) is 2.08. The first kappa shape index (κ1) is 10.2. The molecule has 0 heterocycles. The molecule has 2 aliphatic rings. The quantitative estimate of drug-likeness (QED) is 0.645. The van der Waals surface area contributed by atoms with Crippen molar-refractivity contribution >= 4 is 5.78 Å². The molecule has 0 aromatic carbocycles. The van der Waals surface area contributed by atoms with E-state index in [0.717, 1.165) is 25.7 Å². The minimum atomic E-state index is -0.608. The predicted octanol–water partition coefficient (Wildman–Crippen LogP) is 2.30. The van der Waals surface area contributed by atoms with Crippen molar-refractivity contribution in [2.24, 2.45) is 11.3 Å². The Hall–Kier alpha value is -0.370. The van der Waals surface area contributed by atoms with Gasteiger partial charge in [0.05, 0.1) is 5.60 Å². The van der Waals surface area contributed by atoms with Gasteiger partial charge < -0.3 is 5.11 Å². The lowest BCUT2D eigenvalue weighted by Gasteiger charge is -2.51. The Morgan fingerprint density at radius 1 is 1.29 bits per heavy atom. The monoisotopic (exact) mass is 196 g/mol. The second kappa shape index (κ2) is 3.06. The molecule has 0 aromatic rings. The Bertz CT molecular complexity index is 257. The van der Waals surface area contributed by atoms with Crippen molar-refractivity contribution in [3.8, 4) is 0 Å². The number of aliphatic hydroxyl groups is 1. The van der Waals surface area contributed by atoms with Gasteiger partial charge in [0.2, 0.25) is 0 Å². The number of hydrogen-bond acceptors (Lipinski definition) is 2. The van der Waals surface area contributed by atoms with Gasteiger partial charge in [-0.3, -0.25) is 4.79 Å². The van der Waals surface area contributed by atoms with E-state index in [1.54, 1.807) is 0 Å². The van der Waals surface area contributed by atoms with Gasteiger partial charge in [-0.1, -0.05) is 13.3 Å². The highest BCUT2D eigenvalue weighted by Gasteiger charge is 2.50. The number of ketones is 1. The third kappa shape index (κ3) is 1.50. The molecule has 0 amide bonds. The van der Waals surface area contributed by atoms with Crippen molar-refractivity contribution in [2.45, 2.75) is 58.0 Å². The highest BCUT2D eigenvalue weighted by atomic mass is 16.3. The first-order valence-electron chi connectivity index (χ1n) is 5.68. The number of carbonyl (C=O) groups is 1. The molecule has 0 radical (unpaired) electrons. The Morgan fingerprint density at radius 3 is 2.71 bits per heavy atom. The summed E-state index contributed by atoms with van der Waals surface area (Å²) in [7, 11) is 0. The van der Waals surface area contributed by atoms with Crippen LogP contribution in [0.25, 0.3) is 0 Å². The van der Waals surface area contributed by atoms with Crippen LogP contribution in [0.15, 0.2) is 0 Å². The summed E-state index contributed by atoms with van der Waals surface area (Å²) in [5, 5.41) is 10.3. The fourth-order valence-corrected chi connectivity index (χ4v) is 3.47. The van der Waals surface area contributed by atoms with Crippen LogP contribution in [0.2, 0.25) is 0 Å². The molecule has 14 heavy (non-hydrogen) atoms. The fraction of sp³-hybridized carbons (Fsp3) is 0.917. The third-order valence-corrected chi connectivity index (χ3v) is 4.43. The van der Waals surface area contributed by atoms with E-state index in [0.29, 0.717) is 12.2 Å². The topological polar surface area (TPSA) is 37.3 Å². The Labute approximate surface area is 85.7 Å². The van der Waals surface area contributed by atoms with Crippen molar-refractivity contribution in [1.29, 1.82) is 0 Å². The molecule has 2 nitrogen and oxygen atoms in total. The summed E-state index contributed by atoms with van der Waals surface area (Å²) in [6.07, 6.45) is 5.45. The van der Waals surface area contributed by atoms with Crippen LogP contribution in [0, 0.1) is 11.3 Å². The highest BCUT2D eigenvalue weighted by Crippen LogP contribution is 2.53. The first-order valence-corrected chi connectivity index (χ1v) is 5.68. The molecular weight excluding hydrogens is 176 g/mol. The molecule has 2 saturated carbocycles. The molecule has 2 rings (SSSR count). The second-order valence-corrected chi connectivity index (χ2v) is 5.66. The van der Waals surface area contributed by atoms with Gasteiger partial charge in [-0.15, -0.1) is 0 Å². The van der Waals surface area contributed by atoms with E-state index in [4.69, 9.17) is 0 Å². The van der Waals surface area contributed by atoms with E-state index in [-0.39, 0.29) is 11.3 Å². The third-order valence-electron chi connectivity index (χ3n) is 4.43. The number of hydrogen-bond donors (Lipinski definition) is 1. The molecule has 80 valence electrons. The smallest absolute Gasteiger partial charge is 0.133 e. The lowest BCUT2D eigenvalue weighted by Crippen LogP contribution is -2.51. The lowest BCUT2D eigenvalue weighted by atomic mass is 9.55. The van der Waals surface area contributed by atoms with Crippen LogP contribution in [0.4, 0.5) is 0 Å². The van der Waals surface area contributed by atoms with Gasteiger partial charge in [-0.25, -0.2) is 0 Å². The zero-order valence-electron chi connectivity index (χ0n) is 9.18. The molecule has 0 saturated heterocycles.